The van der Waals surface area contributed by atoms with Crippen molar-refractivity contribution in [1.29, 1.82) is 0 Å². The minimum Gasteiger partial charge on any atom is -0.294 e. The molecule has 1 unspecified atom stereocenters. The van der Waals surface area contributed by atoms with Crippen LogP contribution in [0.15, 0.2) is 46.9 Å². The molecule has 3 aromatic rings. The summed E-state index contributed by atoms with van der Waals surface area (Å²) in [5, 5.41) is 0.496. The van der Waals surface area contributed by atoms with E-state index in [1.54, 1.807) is 0 Å². The van der Waals surface area contributed by atoms with Crippen molar-refractivity contribution >= 4 is 50.2 Å². The van der Waals surface area contributed by atoms with Crippen LogP contribution in [0.2, 0.25) is 5.02 Å². The number of hydrogen-bond donors (Lipinski definition) is 0. The molecule has 0 saturated carbocycles. The predicted octanol–water partition coefficient (Wildman–Crippen LogP) is 5.74. The van der Waals surface area contributed by atoms with Gasteiger partial charge in [0.05, 0.1) is 22.1 Å². The highest BCUT2D eigenvalue weighted by Crippen LogP contribution is 2.32. The van der Waals surface area contributed by atoms with Crippen molar-refractivity contribution in [3.8, 4) is 5.69 Å². The van der Waals surface area contributed by atoms with Crippen LogP contribution >= 0.6 is 39.1 Å². The summed E-state index contributed by atoms with van der Waals surface area (Å²) < 4.78 is 2.97. The fourth-order valence-electron chi connectivity index (χ4n) is 2.23. The first-order valence-electron chi connectivity index (χ1n) is 6.15. The van der Waals surface area contributed by atoms with Gasteiger partial charge in [-0.25, -0.2) is 4.98 Å². The second-order valence-corrected chi connectivity index (χ2v) is 6.45. The van der Waals surface area contributed by atoms with Crippen molar-refractivity contribution in [2.45, 2.75) is 12.3 Å². The molecule has 1 atom stereocenters. The van der Waals surface area contributed by atoms with Gasteiger partial charge >= 0.3 is 0 Å². The minimum absolute atomic E-state index is 0.190. The number of nitrogens with zero attached hydrogens (tertiary/aromatic N) is 2. The van der Waals surface area contributed by atoms with Crippen molar-refractivity contribution in [3.05, 3.63) is 57.8 Å². The van der Waals surface area contributed by atoms with E-state index in [0.29, 0.717) is 5.02 Å². The topological polar surface area (TPSA) is 17.8 Å². The molecule has 1 heterocycles. The first-order chi connectivity index (χ1) is 9.58. The highest BCUT2D eigenvalue weighted by atomic mass is 79.9. The molecule has 3 rings (SSSR count). The van der Waals surface area contributed by atoms with Crippen molar-refractivity contribution in [3.63, 3.8) is 0 Å². The van der Waals surface area contributed by atoms with Crippen molar-refractivity contribution < 1.29 is 0 Å². The number of benzene rings is 2. The number of fused-ring (bicyclic) bond motifs is 1. The van der Waals surface area contributed by atoms with Crippen LogP contribution in [0, 0.1) is 0 Å². The number of hydrogen-bond acceptors (Lipinski definition) is 1. The Balaban J connectivity index is 2.36. The summed E-state index contributed by atoms with van der Waals surface area (Å²) in [4.78, 5) is 4.63. The maximum absolute atomic E-state index is 6.29. The van der Waals surface area contributed by atoms with E-state index in [-0.39, 0.29) is 5.38 Å². The van der Waals surface area contributed by atoms with Crippen LogP contribution in [0.5, 0.6) is 0 Å². The zero-order valence-electron chi connectivity index (χ0n) is 10.6. The van der Waals surface area contributed by atoms with Crippen molar-refractivity contribution in [2.75, 3.05) is 0 Å². The Labute approximate surface area is 135 Å². The molecule has 0 aliphatic carbocycles. The summed E-state index contributed by atoms with van der Waals surface area (Å²) in [6.07, 6.45) is 0. The van der Waals surface area contributed by atoms with Crippen LogP contribution in [0.1, 0.15) is 18.1 Å². The van der Waals surface area contributed by atoms with E-state index >= 15 is 0 Å². The van der Waals surface area contributed by atoms with Crippen LogP contribution in [0.25, 0.3) is 16.7 Å². The number of halogens is 3. The molecule has 0 fully saturated rings. The van der Waals surface area contributed by atoms with E-state index in [0.717, 1.165) is 27.0 Å². The Hall–Kier alpha value is -1.03. The quantitative estimate of drug-likeness (QED) is 0.526. The Kier molecular flexibility index (Phi) is 3.76. The monoisotopic (exact) mass is 368 g/mol. The van der Waals surface area contributed by atoms with Crippen LogP contribution in [0.4, 0.5) is 0 Å². The van der Waals surface area contributed by atoms with Crippen molar-refractivity contribution in [2.24, 2.45) is 0 Å². The Bertz CT molecular complexity index is 781. The van der Waals surface area contributed by atoms with Crippen LogP contribution in [0.3, 0.4) is 0 Å². The van der Waals surface area contributed by atoms with Gasteiger partial charge in [-0.2, -0.15) is 0 Å². The van der Waals surface area contributed by atoms with Crippen LogP contribution in [-0.2, 0) is 0 Å². The smallest absolute Gasteiger partial charge is 0.132 e. The van der Waals surface area contributed by atoms with Gasteiger partial charge in [0, 0.05) is 9.50 Å². The molecule has 20 heavy (non-hydrogen) atoms. The highest BCUT2D eigenvalue weighted by Gasteiger charge is 2.17. The summed E-state index contributed by atoms with van der Waals surface area (Å²) in [6.45, 7) is 1.92. The molecule has 2 aromatic carbocycles. The van der Waals surface area contributed by atoms with E-state index in [4.69, 9.17) is 23.2 Å². The molecular weight excluding hydrogens is 359 g/mol. The fraction of sp³-hybridized carbons (Fsp3) is 0.133. The zero-order valence-corrected chi connectivity index (χ0v) is 13.7. The standard InChI is InChI=1S/C15H11BrCl2N2/c1-9(17)15-19-12-4-2-3-5-14(12)20(15)13-7-6-10(18)8-11(13)16/h2-9H,1H3. The molecule has 2 nitrogen and oxygen atoms in total. The summed E-state index contributed by atoms with van der Waals surface area (Å²) in [6, 6.07) is 13.7. The maximum Gasteiger partial charge on any atom is 0.132 e. The van der Waals surface area contributed by atoms with E-state index in [9.17, 15) is 0 Å². The zero-order chi connectivity index (χ0) is 14.3. The largest absolute Gasteiger partial charge is 0.294 e. The molecule has 102 valence electrons. The fourth-order valence-corrected chi connectivity index (χ4v) is 3.23. The minimum atomic E-state index is -0.190. The lowest BCUT2D eigenvalue weighted by atomic mass is 10.2. The summed E-state index contributed by atoms with van der Waals surface area (Å²) in [7, 11) is 0. The number of rotatable bonds is 2. The Morgan fingerprint density at radius 2 is 1.95 bits per heavy atom. The summed E-state index contributed by atoms with van der Waals surface area (Å²) in [5.74, 6) is 0.816. The van der Waals surface area contributed by atoms with Gasteiger partial charge < -0.3 is 0 Å². The number of aromatic nitrogens is 2. The lowest BCUT2D eigenvalue weighted by Gasteiger charge is -2.12. The van der Waals surface area contributed by atoms with Gasteiger partial charge in [-0.15, -0.1) is 11.6 Å². The average molecular weight is 370 g/mol. The third kappa shape index (κ3) is 2.34. The third-order valence-corrected chi connectivity index (χ3v) is 4.16. The second-order valence-electron chi connectivity index (χ2n) is 4.51. The lowest BCUT2D eigenvalue weighted by Crippen LogP contribution is -2.02. The van der Waals surface area contributed by atoms with Gasteiger partial charge in [0.25, 0.3) is 0 Å². The van der Waals surface area contributed by atoms with E-state index in [2.05, 4.69) is 25.5 Å². The molecule has 0 spiro atoms. The first-order valence-corrected chi connectivity index (χ1v) is 7.75. The SMILES string of the molecule is CC(Cl)c1nc2ccccc2n1-c1ccc(Cl)cc1Br. The van der Waals surface area contributed by atoms with Crippen LogP contribution < -0.4 is 0 Å². The molecule has 0 saturated heterocycles. The van der Waals surface area contributed by atoms with Gasteiger partial charge in [-0.3, -0.25) is 4.57 Å². The van der Waals surface area contributed by atoms with Gasteiger partial charge in [0.1, 0.15) is 5.82 Å². The van der Waals surface area contributed by atoms with Gasteiger partial charge in [-0.05, 0) is 53.2 Å². The van der Waals surface area contributed by atoms with Crippen LogP contribution in [-0.4, -0.2) is 9.55 Å². The molecule has 1 aromatic heterocycles. The highest BCUT2D eigenvalue weighted by molar-refractivity contribution is 9.10. The van der Waals surface area contributed by atoms with Gasteiger partial charge in [0.2, 0.25) is 0 Å². The molecular formula is C15H11BrCl2N2. The van der Waals surface area contributed by atoms with E-state index in [1.807, 2.05) is 49.4 Å². The number of alkyl halides is 1. The summed E-state index contributed by atoms with van der Waals surface area (Å²) >= 11 is 15.9. The van der Waals surface area contributed by atoms with E-state index < -0.39 is 0 Å². The number of imidazole rings is 1. The molecule has 5 heteroatoms. The van der Waals surface area contributed by atoms with Gasteiger partial charge in [0.15, 0.2) is 0 Å². The molecule has 0 aliphatic heterocycles. The number of para-hydroxylation sites is 2. The van der Waals surface area contributed by atoms with Gasteiger partial charge in [-0.1, -0.05) is 23.7 Å². The maximum atomic E-state index is 6.29. The third-order valence-electron chi connectivity index (χ3n) is 3.09. The Morgan fingerprint density at radius 3 is 2.65 bits per heavy atom. The first kappa shape index (κ1) is 13.9. The summed E-state index contributed by atoms with van der Waals surface area (Å²) in [5.41, 5.74) is 2.93. The van der Waals surface area contributed by atoms with Crippen molar-refractivity contribution in [1.82, 2.24) is 9.55 Å². The second kappa shape index (κ2) is 5.40. The Morgan fingerprint density at radius 1 is 1.20 bits per heavy atom. The molecule has 0 bridgehead atoms. The lowest BCUT2D eigenvalue weighted by molar-refractivity contribution is 0.880. The molecule has 0 N–H and O–H groups in total. The molecule has 0 radical (unpaired) electrons. The molecule has 0 amide bonds. The average Bonchev–Trinajstić information content (AvgIpc) is 2.78. The normalized spacial score (nSPS) is 12.8. The van der Waals surface area contributed by atoms with E-state index in [1.165, 1.54) is 0 Å². The molecule has 0 aliphatic rings. The predicted molar refractivity (Wildman–Crippen MR) is 88.0 cm³/mol.